The van der Waals surface area contributed by atoms with E-state index < -0.39 is 40.0 Å². The minimum absolute atomic E-state index is 0.217. The Balaban J connectivity index is 2.26. The second-order valence-corrected chi connectivity index (χ2v) is 7.28. The van der Waals surface area contributed by atoms with Crippen LogP contribution in [0, 0.1) is 5.82 Å². The predicted molar refractivity (Wildman–Crippen MR) is 88.7 cm³/mol. The maximum absolute atomic E-state index is 12.9. The quantitative estimate of drug-likeness (QED) is 0.797. The number of halogens is 4. The van der Waals surface area contributed by atoms with Crippen molar-refractivity contribution in [3.63, 3.8) is 0 Å². The van der Waals surface area contributed by atoms with E-state index in [1.54, 1.807) is 0 Å². The van der Waals surface area contributed by atoms with E-state index in [1.165, 1.54) is 12.1 Å². The molecule has 0 heterocycles. The summed E-state index contributed by atoms with van der Waals surface area (Å²) in [5.74, 6) is -1.32. The first-order valence-electron chi connectivity index (χ1n) is 7.17. The molecule has 0 bridgehead atoms. The number of alkyl halides is 3. The summed E-state index contributed by atoms with van der Waals surface area (Å²) in [6, 6.07) is 8.36. The molecule has 2 rings (SSSR count). The zero-order chi connectivity index (χ0) is 19.5. The van der Waals surface area contributed by atoms with Crippen molar-refractivity contribution < 1.29 is 30.8 Å². The van der Waals surface area contributed by atoms with Gasteiger partial charge in [0.05, 0.1) is 17.5 Å². The van der Waals surface area contributed by atoms with Crippen LogP contribution in [0.4, 0.5) is 28.9 Å². The molecule has 0 fully saturated rings. The molecular weight excluding hydrogens is 376 g/mol. The number of sulfonamides is 1. The molecule has 1 amide bonds. The Morgan fingerprint density at radius 2 is 1.73 bits per heavy atom. The molecule has 0 unspecified atom stereocenters. The largest absolute Gasteiger partial charge is 0.416 e. The molecule has 0 aliphatic carbocycles. The third-order valence-corrected chi connectivity index (χ3v) is 4.42. The van der Waals surface area contributed by atoms with Gasteiger partial charge in [0.15, 0.2) is 0 Å². The second-order valence-electron chi connectivity index (χ2n) is 5.37. The fourth-order valence-electron chi connectivity index (χ4n) is 2.10. The van der Waals surface area contributed by atoms with Crippen LogP contribution in [0.1, 0.15) is 5.56 Å². The lowest BCUT2D eigenvalue weighted by molar-refractivity contribution is -0.137. The van der Waals surface area contributed by atoms with Gasteiger partial charge in [-0.2, -0.15) is 13.2 Å². The van der Waals surface area contributed by atoms with Crippen molar-refractivity contribution in [3.8, 4) is 0 Å². The van der Waals surface area contributed by atoms with Gasteiger partial charge < -0.3 is 5.32 Å². The van der Waals surface area contributed by atoms with Gasteiger partial charge in [0, 0.05) is 5.69 Å². The number of carbonyl (C=O) groups is 1. The Bertz CT molecular complexity index is 896. The van der Waals surface area contributed by atoms with Crippen molar-refractivity contribution in [1.29, 1.82) is 0 Å². The molecular formula is C16H14F4N2O3S. The Hall–Kier alpha value is -2.62. The molecule has 0 aromatic heterocycles. The summed E-state index contributed by atoms with van der Waals surface area (Å²) in [4.78, 5) is 12.1. The Morgan fingerprint density at radius 1 is 1.12 bits per heavy atom. The summed E-state index contributed by atoms with van der Waals surface area (Å²) in [7, 11) is -4.03. The van der Waals surface area contributed by atoms with Crippen LogP contribution in [-0.2, 0) is 21.0 Å². The molecule has 0 atom stereocenters. The number of nitrogens with zero attached hydrogens (tertiary/aromatic N) is 1. The molecule has 0 spiro atoms. The van der Waals surface area contributed by atoms with Crippen LogP contribution in [0.25, 0.3) is 0 Å². The highest BCUT2D eigenvalue weighted by Gasteiger charge is 2.32. The molecule has 5 nitrogen and oxygen atoms in total. The smallest absolute Gasteiger partial charge is 0.325 e. The summed E-state index contributed by atoms with van der Waals surface area (Å²) in [6.07, 6.45) is -3.88. The SMILES string of the molecule is CS(=O)(=O)N(CC(=O)Nc1ccc(F)cc1)c1cccc(C(F)(F)F)c1. The van der Waals surface area contributed by atoms with E-state index in [-0.39, 0.29) is 11.4 Å². The molecule has 0 radical (unpaired) electrons. The minimum atomic E-state index is -4.66. The number of hydrogen-bond donors (Lipinski definition) is 1. The molecule has 1 N–H and O–H groups in total. The van der Waals surface area contributed by atoms with Crippen LogP contribution in [0.3, 0.4) is 0 Å². The molecule has 2 aromatic carbocycles. The summed E-state index contributed by atoms with van der Waals surface area (Å²) in [5.41, 5.74) is -1.12. The van der Waals surface area contributed by atoms with Crippen LogP contribution in [0.5, 0.6) is 0 Å². The predicted octanol–water partition coefficient (Wildman–Crippen LogP) is 3.25. The van der Waals surface area contributed by atoms with Gasteiger partial charge in [0.2, 0.25) is 15.9 Å². The fourth-order valence-corrected chi connectivity index (χ4v) is 2.95. The van der Waals surface area contributed by atoms with Crippen LogP contribution in [0.15, 0.2) is 48.5 Å². The highest BCUT2D eigenvalue weighted by atomic mass is 32.2. The highest BCUT2D eigenvalue weighted by molar-refractivity contribution is 7.92. The van der Waals surface area contributed by atoms with E-state index in [9.17, 15) is 30.8 Å². The monoisotopic (exact) mass is 390 g/mol. The van der Waals surface area contributed by atoms with Gasteiger partial charge in [-0.25, -0.2) is 12.8 Å². The lowest BCUT2D eigenvalue weighted by Gasteiger charge is -2.22. The number of amides is 1. The standard InChI is InChI=1S/C16H14F4N2O3S/c1-26(24,25)22(14-4-2-3-11(9-14)16(18,19)20)10-15(23)21-13-7-5-12(17)6-8-13/h2-9H,10H2,1H3,(H,21,23). The number of anilines is 2. The van der Waals surface area contributed by atoms with E-state index in [0.717, 1.165) is 36.6 Å². The Morgan fingerprint density at radius 3 is 2.27 bits per heavy atom. The average molecular weight is 390 g/mol. The van der Waals surface area contributed by atoms with Crippen LogP contribution < -0.4 is 9.62 Å². The summed E-state index contributed by atoms with van der Waals surface area (Å²) in [6.45, 7) is -0.739. The molecule has 0 aliphatic heterocycles. The van der Waals surface area contributed by atoms with Crippen LogP contribution in [0.2, 0.25) is 0 Å². The van der Waals surface area contributed by atoms with E-state index in [1.807, 2.05) is 0 Å². The van der Waals surface area contributed by atoms with Crippen molar-refractivity contribution in [3.05, 3.63) is 59.9 Å². The number of carbonyl (C=O) groups excluding carboxylic acids is 1. The van der Waals surface area contributed by atoms with Crippen LogP contribution in [-0.4, -0.2) is 27.1 Å². The van der Waals surface area contributed by atoms with Crippen LogP contribution >= 0.6 is 0 Å². The van der Waals surface area contributed by atoms with Crippen molar-refractivity contribution >= 4 is 27.3 Å². The van der Waals surface area contributed by atoms with E-state index >= 15 is 0 Å². The molecule has 0 aliphatic rings. The maximum atomic E-state index is 12.9. The lowest BCUT2D eigenvalue weighted by atomic mass is 10.2. The fraction of sp³-hybridized carbons (Fsp3) is 0.188. The van der Waals surface area contributed by atoms with Gasteiger partial charge in [0.1, 0.15) is 12.4 Å². The average Bonchev–Trinajstić information content (AvgIpc) is 2.53. The van der Waals surface area contributed by atoms with Gasteiger partial charge in [-0.15, -0.1) is 0 Å². The Kier molecular flexibility index (Phi) is 5.55. The molecule has 2 aromatic rings. The van der Waals surface area contributed by atoms with Crippen molar-refractivity contribution in [1.82, 2.24) is 0 Å². The normalized spacial score (nSPS) is 11.9. The van der Waals surface area contributed by atoms with Crippen molar-refractivity contribution in [2.75, 3.05) is 22.4 Å². The topological polar surface area (TPSA) is 66.5 Å². The van der Waals surface area contributed by atoms with E-state index in [2.05, 4.69) is 5.32 Å². The zero-order valence-electron chi connectivity index (χ0n) is 13.4. The van der Waals surface area contributed by atoms with Gasteiger partial charge in [-0.3, -0.25) is 9.10 Å². The first kappa shape index (κ1) is 19.7. The number of benzene rings is 2. The first-order chi connectivity index (χ1) is 12.0. The summed E-state index contributed by atoms with van der Waals surface area (Å²) >= 11 is 0. The minimum Gasteiger partial charge on any atom is -0.325 e. The van der Waals surface area contributed by atoms with Crippen molar-refractivity contribution in [2.24, 2.45) is 0 Å². The number of hydrogen-bond acceptors (Lipinski definition) is 3. The molecule has 0 saturated heterocycles. The summed E-state index contributed by atoms with van der Waals surface area (Å²) < 4.78 is 75.8. The molecule has 0 saturated carbocycles. The molecule has 140 valence electrons. The zero-order valence-corrected chi connectivity index (χ0v) is 14.2. The third kappa shape index (κ3) is 5.19. The van der Waals surface area contributed by atoms with Crippen molar-refractivity contribution in [2.45, 2.75) is 6.18 Å². The number of nitrogens with one attached hydrogen (secondary N) is 1. The Labute approximate surface area is 147 Å². The van der Waals surface area contributed by atoms with E-state index in [4.69, 9.17) is 0 Å². The van der Waals surface area contributed by atoms with Gasteiger partial charge in [0.25, 0.3) is 0 Å². The highest BCUT2D eigenvalue weighted by Crippen LogP contribution is 2.32. The maximum Gasteiger partial charge on any atom is 0.416 e. The lowest BCUT2D eigenvalue weighted by Crippen LogP contribution is -2.37. The molecule has 26 heavy (non-hydrogen) atoms. The van der Waals surface area contributed by atoms with Gasteiger partial charge in [-0.1, -0.05) is 6.07 Å². The first-order valence-corrected chi connectivity index (χ1v) is 9.02. The number of rotatable bonds is 5. The third-order valence-electron chi connectivity index (χ3n) is 3.28. The molecule has 10 heteroatoms. The van der Waals surface area contributed by atoms with Gasteiger partial charge in [-0.05, 0) is 42.5 Å². The van der Waals surface area contributed by atoms with E-state index in [0.29, 0.717) is 10.4 Å². The summed E-state index contributed by atoms with van der Waals surface area (Å²) in [5, 5.41) is 2.35. The second kappa shape index (κ2) is 7.32. The van der Waals surface area contributed by atoms with Gasteiger partial charge >= 0.3 is 6.18 Å².